The number of hydrogen-bond donors (Lipinski definition) is 2. The monoisotopic (exact) mass is 338 g/mol. The third-order valence-electron chi connectivity index (χ3n) is 4.40. The number of nitrogens with one attached hydrogen (secondary N) is 2. The molecule has 128 valence electrons. The zero-order valence-electron chi connectivity index (χ0n) is 13.6. The van der Waals surface area contributed by atoms with Crippen molar-refractivity contribution in [3.63, 3.8) is 0 Å². The summed E-state index contributed by atoms with van der Waals surface area (Å²) in [7, 11) is 0. The van der Waals surface area contributed by atoms with E-state index in [1.54, 1.807) is 12.1 Å². The Bertz CT molecular complexity index is 847. The average Bonchev–Trinajstić information content (AvgIpc) is 3.09. The Morgan fingerprint density at radius 3 is 2.88 bits per heavy atom. The van der Waals surface area contributed by atoms with Gasteiger partial charge in [0, 0.05) is 24.2 Å². The minimum Gasteiger partial charge on any atom is -0.454 e. The van der Waals surface area contributed by atoms with Crippen molar-refractivity contribution in [2.24, 2.45) is 0 Å². The van der Waals surface area contributed by atoms with Gasteiger partial charge in [-0.15, -0.1) is 0 Å². The van der Waals surface area contributed by atoms with Crippen LogP contribution in [0, 0.1) is 0 Å². The predicted molar refractivity (Wildman–Crippen MR) is 92.0 cm³/mol. The van der Waals surface area contributed by atoms with E-state index < -0.39 is 0 Å². The Morgan fingerprint density at radius 1 is 1.08 bits per heavy atom. The smallest absolute Gasteiger partial charge is 0.251 e. The molecule has 0 aromatic heterocycles. The summed E-state index contributed by atoms with van der Waals surface area (Å²) >= 11 is 0. The quantitative estimate of drug-likeness (QED) is 0.897. The van der Waals surface area contributed by atoms with Crippen LogP contribution in [0.1, 0.15) is 27.9 Å². The highest BCUT2D eigenvalue weighted by atomic mass is 16.7. The van der Waals surface area contributed by atoms with E-state index in [4.69, 9.17) is 9.47 Å². The van der Waals surface area contributed by atoms with Gasteiger partial charge in [0.25, 0.3) is 5.91 Å². The third kappa shape index (κ3) is 3.28. The number of aryl methyl sites for hydroxylation is 1. The number of hydrogen-bond acceptors (Lipinski definition) is 4. The maximum Gasteiger partial charge on any atom is 0.251 e. The van der Waals surface area contributed by atoms with Gasteiger partial charge in [0.2, 0.25) is 12.7 Å². The van der Waals surface area contributed by atoms with E-state index in [2.05, 4.69) is 10.6 Å². The Labute approximate surface area is 145 Å². The number of anilines is 1. The molecular weight excluding hydrogens is 320 g/mol. The molecule has 0 spiro atoms. The maximum absolute atomic E-state index is 12.3. The molecule has 2 amide bonds. The van der Waals surface area contributed by atoms with E-state index in [-0.39, 0.29) is 18.6 Å². The molecule has 0 aliphatic carbocycles. The first-order valence-electron chi connectivity index (χ1n) is 8.28. The van der Waals surface area contributed by atoms with Crippen LogP contribution in [-0.4, -0.2) is 25.2 Å². The summed E-state index contributed by atoms with van der Waals surface area (Å²) in [6.07, 6.45) is 1.84. The number of fused-ring (bicyclic) bond motifs is 2. The van der Waals surface area contributed by atoms with Crippen molar-refractivity contribution < 1.29 is 19.1 Å². The number of amides is 2. The van der Waals surface area contributed by atoms with E-state index in [0.29, 0.717) is 31.4 Å². The van der Waals surface area contributed by atoms with E-state index in [1.165, 1.54) is 0 Å². The molecule has 2 aliphatic rings. The van der Waals surface area contributed by atoms with Gasteiger partial charge >= 0.3 is 0 Å². The molecule has 0 saturated carbocycles. The molecule has 6 nitrogen and oxygen atoms in total. The van der Waals surface area contributed by atoms with Gasteiger partial charge in [0.05, 0.1) is 0 Å². The normalized spacial score (nSPS) is 14.6. The van der Waals surface area contributed by atoms with Crippen LogP contribution in [0.5, 0.6) is 11.5 Å². The van der Waals surface area contributed by atoms with Gasteiger partial charge in [0.15, 0.2) is 11.5 Å². The van der Waals surface area contributed by atoms with Gasteiger partial charge in [-0.3, -0.25) is 9.59 Å². The van der Waals surface area contributed by atoms with Crippen molar-refractivity contribution in [3.05, 3.63) is 53.1 Å². The van der Waals surface area contributed by atoms with Crippen molar-refractivity contribution in [3.8, 4) is 11.5 Å². The fourth-order valence-corrected chi connectivity index (χ4v) is 3.04. The van der Waals surface area contributed by atoms with Crippen LogP contribution in [0.25, 0.3) is 0 Å². The Morgan fingerprint density at radius 2 is 1.96 bits per heavy atom. The Hall–Kier alpha value is -3.02. The van der Waals surface area contributed by atoms with Crippen molar-refractivity contribution in [1.29, 1.82) is 0 Å². The number of carbonyl (C=O) groups excluding carboxylic acids is 2. The Balaban J connectivity index is 1.35. The van der Waals surface area contributed by atoms with Crippen LogP contribution >= 0.6 is 0 Å². The highest BCUT2D eigenvalue weighted by Gasteiger charge is 2.17. The van der Waals surface area contributed by atoms with Crippen LogP contribution in [-0.2, 0) is 17.6 Å². The lowest BCUT2D eigenvalue weighted by atomic mass is 10.00. The molecule has 0 unspecified atom stereocenters. The van der Waals surface area contributed by atoms with E-state index in [9.17, 15) is 9.59 Å². The van der Waals surface area contributed by atoms with Gasteiger partial charge < -0.3 is 20.1 Å². The first-order valence-corrected chi connectivity index (χ1v) is 8.28. The molecule has 0 atom stereocenters. The highest BCUT2D eigenvalue weighted by Crippen LogP contribution is 2.32. The summed E-state index contributed by atoms with van der Waals surface area (Å²) < 4.78 is 10.6. The lowest BCUT2D eigenvalue weighted by molar-refractivity contribution is -0.116. The first-order chi connectivity index (χ1) is 12.2. The van der Waals surface area contributed by atoms with E-state index >= 15 is 0 Å². The summed E-state index contributed by atoms with van der Waals surface area (Å²) in [5.41, 5.74) is 3.49. The van der Waals surface area contributed by atoms with Crippen LogP contribution in [0.3, 0.4) is 0 Å². The summed E-state index contributed by atoms with van der Waals surface area (Å²) in [6.45, 7) is 0.792. The fraction of sp³-hybridized carbons (Fsp3) is 0.263. The predicted octanol–water partition coefficient (Wildman–Crippen LogP) is 2.27. The maximum atomic E-state index is 12.3. The van der Waals surface area contributed by atoms with Gasteiger partial charge in [-0.05, 0) is 54.3 Å². The average molecular weight is 338 g/mol. The van der Waals surface area contributed by atoms with Crippen LogP contribution in [0.4, 0.5) is 5.69 Å². The van der Waals surface area contributed by atoms with Crippen molar-refractivity contribution in [2.75, 3.05) is 18.7 Å². The van der Waals surface area contributed by atoms with Gasteiger partial charge in [0.1, 0.15) is 0 Å². The minimum absolute atomic E-state index is 0.0217. The van der Waals surface area contributed by atoms with Gasteiger partial charge in [-0.2, -0.15) is 0 Å². The summed E-state index contributed by atoms with van der Waals surface area (Å²) in [5.74, 6) is 1.42. The molecule has 0 bridgehead atoms. The van der Waals surface area contributed by atoms with E-state index in [0.717, 1.165) is 28.3 Å². The summed E-state index contributed by atoms with van der Waals surface area (Å²) in [4.78, 5) is 23.7. The highest BCUT2D eigenvalue weighted by molar-refractivity contribution is 5.97. The number of rotatable bonds is 4. The molecule has 25 heavy (non-hydrogen) atoms. The second-order valence-corrected chi connectivity index (χ2v) is 6.11. The molecule has 2 aromatic carbocycles. The first kappa shape index (κ1) is 15.5. The lowest BCUT2D eigenvalue weighted by Crippen LogP contribution is -2.26. The summed E-state index contributed by atoms with van der Waals surface area (Å²) in [5, 5.41) is 5.75. The van der Waals surface area contributed by atoms with Crippen molar-refractivity contribution in [1.82, 2.24) is 5.32 Å². The number of benzene rings is 2. The van der Waals surface area contributed by atoms with Crippen molar-refractivity contribution in [2.45, 2.75) is 19.3 Å². The molecule has 0 fully saturated rings. The molecule has 2 aromatic rings. The Kier molecular flexibility index (Phi) is 4.01. The van der Waals surface area contributed by atoms with Crippen LogP contribution in [0.2, 0.25) is 0 Å². The molecular formula is C19H18N2O4. The standard InChI is InChI=1S/C19H18N2O4/c22-18-6-3-13-10-14(2-4-15(13)21-18)19(23)20-8-7-12-1-5-16-17(9-12)25-11-24-16/h1-2,4-5,9-10H,3,6-8,11H2,(H,20,23)(H,21,22). The van der Waals surface area contributed by atoms with Crippen LogP contribution in [0.15, 0.2) is 36.4 Å². The zero-order valence-corrected chi connectivity index (χ0v) is 13.6. The van der Waals surface area contributed by atoms with Crippen LogP contribution < -0.4 is 20.1 Å². The van der Waals surface area contributed by atoms with Gasteiger partial charge in [-0.1, -0.05) is 6.07 Å². The largest absolute Gasteiger partial charge is 0.454 e. The number of ether oxygens (including phenoxy) is 2. The molecule has 0 saturated heterocycles. The molecule has 4 rings (SSSR count). The topological polar surface area (TPSA) is 76.7 Å². The second kappa shape index (κ2) is 6.47. The third-order valence-corrected chi connectivity index (χ3v) is 4.40. The zero-order chi connectivity index (χ0) is 17.2. The van der Waals surface area contributed by atoms with Crippen molar-refractivity contribution >= 4 is 17.5 Å². The fourth-order valence-electron chi connectivity index (χ4n) is 3.04. The molecule has 2 heterocycles. The minimum atomic E-state index is -0.111. The lowest BCUT2D eigenvalue weighted by Gasteiger charge is -2.17. The number of carbonyl (C=O) groups is 2. The molecule has 6 heteroatoms. The van der Waals surface area contributed by atoms with E-state index in [1.807, 2.05) is 24.3 Å². The molecule has 2 aliphatic heterocycles. The molecule has 2 N–H and O–H groups in total. The van der Waals surface area contributed by atoms with Gasteiger partial charge in [-0.25, -0.2) is 0 Å². The molecule has 0 radical (unpaired) electrons. The SMILES string of the molecule is O=C1CCc2cc(C(=O)NCCc3ccc4c(c3)OCO4)ccc2N1. The second-order valence-electron chi connectivity index (χ2n) is 6.11. The summed E-state index contributed by atoms with van der Waals surface area (Å²) in [6, 6.07) is 11.2.